The standard InChI is InChI=1S/C32H30O10/c1-31(39)9-14-5-13-6-21(42-4)27(29(37)23(13)28(36)22(14)19(34)11-31)24-16-7-15(41-3)8-18(33)25(16)30(38)26-17(24)10-32(2,40)12-20(26)35/h5-8,33,36-40H,9-12H2,1-4H3/p-1/t31-,32-/m1/s1. The lowest BCUT2D eigenvalue weighted by Gasteiger charge is -2.34. The van der Waals surface area contributed by atoms with Gasteiger partial charge in [0.2, 0.25) is 0 Å². The monoisotopic (exact) mass is 573 g/mol. The Balaban J connectivity index is 1.81. The zero-order chi connectivity index (χ0) is 30.5. The van der Waals surface area contributed by atoms with Crippen LogP contribution >= 0.6 is 0 Å². The van der Waals surface area contributed by atoms with Gasteiger partial charge in [-0.3, -0.25) is 9.59 Å². The van der Waals surface area contributed by atoms with Gasteiger partial charge < -0.3 is 40.1 Å². The van der Waals surface area contributed by atoms with Gasteiger partial charge in [0.1, 0.15) is 28.7 Å². The van der Waals surface area contributed by atoms with Gasteiger partial charge in [0, 0.05) is 48.1 Å². The Hall–Kier alpha value is -4.54. The molecule has 0 unspecified atom stereocenters. The third-order valence-corrected chi connectivity index (χ3v) is 8.31. The molecule has 0 aliphatic heterocycles. The molecule has 0 radical (unpaired) electrons. The highest BCUT2D eigenvalue weighted by molar-refractivity contribution is 6.18. The zero-order valence-electron chi connectivity index (χ0n) is 23.4. The Bertz CT molecular complexity index is 1880. The number of phenolic OH excluding ortho intramolecular Hbond substituents is 3. The largest absolute Gasteiger partial charge is 0.871 e. The Morgan fingerprint density at radius 3 is 2.00 bits per heavy atom. The van der Waals surface area contributed by atoms with Crippen molar-refractivity contribution >= 4 is 33.1 Å². The van der Waals surface area contributed by atoms with Crippen molar-refractivity contribution in [3.05, 3.63) is 46.5 Å². The minimum atomic E-state index is -1.52. The molecule has 5 N–H and O–H groups in total. The van der Waals surface area contributed by atoms with Crippen LogP contribution in [0.5, 0.6) is 34.5 Å². The van der Waals surface area contributed by atoms with Gasteiger partial charge in [-0.2, -0.15) is 0 Å². The number of ketones is 2. The molecule has 0 saturated heterocycles. The fourth-order valence-electron chi connectivity index (χ4n) is 6.66. The second kappa shape index (κ2) is 8.98. The van der Waals surface area contributed by atoms with E-state index in [2.05, 4.69) is 0 Å². The minimum absolute atomic E-state index is 0.0442. The number of Topliss-reactive ketones (excluding diaryl/α,β-unsaturated/α-hetero) is 2. The van der Waals surface area contributed by atoms with Gasteiger partial charge in [-0.05, 0) is 54.1 Å². The van der Waals surface area contributed by atoms with Crippen LogP contribution in [0.25, 0.3) is 32.7 Å². The van der Waals surface area contributed by atoms with Gasteiger partial charge in [-0.25, -0.2) is 0 Å². The topological polar surface area (TPSA) is 177 Å². The second-order valence-corrected chi connectivity index (χ2v) is 11.8. The number of fused-ring (bicyclic) bond motifs is 4. The number of rotatable bonds is 3. The molecule has 42 heavy (non-hydrogen) atoms. The van der Waals surface area contributed by atoms with Crippen LogP contribution in [0.3, 0.4) is 0 Å². The van der Waals surface area contributed by atoms with Crippen LogP contribution in [0.15, 0.2) is 24.3 Å². The predicted octanol–water partition coefficient (Wildman–Crippen LogP) is 3.63. The van der Waals surface area contributed by atoms with Crippen molar-refractivity contribution in [1.29, 1.82) is 0 Å². The first-order valence-electron chi connectivity index (χ1n) is 13.3. The molecule has 0 spiro atoms. The van der Waals surface area contributed by atoms with Crippen molar-refractivity contribution in [3.8, 4) is 45.6 Å². The predicted molar refractivity (Wildman–Crippen MR) is 151 cm³/mol. The quantitative estimate of drug-likeness (QED) is 0.243. The van der Waals surface area contributed by atoms with Gasteiger partial charge in [0.25, 0.3) is 0 Å². The Morgan fingerprint density at radius 2 is 1.36 bits per heavy atom. The molecule has 0 aromatic heterocycles. The van der Waals surface area contributed by atoms with E-state index in [4.69, 9.17) is 9.47 Å². The lowest BCUT2D eigenvalue weighted by molar-refractivity contribution is -0.264. The van der Waals surface area contributed by atoms with E-state index in [9.17, 15) is 40.2 Å². The van der Waals surface area contributed by atoms with Crippen LogP contribution < -0.4 is 14.6 Å². The first kappa shape index (κ1) is 27.6. The zero-order valence-corrected chi connectivity index (χ0v) is 23.4. The summed E-state index contributed by atoms with van der Waals surface area (Å²) in [6.45, 7) is 2.99. The van der Waals surface area contributed by atoms with Gasteiger partial charge in [-0.1, -0.05) is 5.75 Å². The van der Waals surface area contributed by atoms with Crippen LogP contribution in [0.2, 0.25) is 0 Å². The maximum absolute atomic E-state index is 14.4. The van der Waals surface area contributed by atoms with E-state index in [1.807, 2.05) is 0 Å². The Labute approximate surface area is 240 Å². The van der Waals surface area contributed by atoms with E-state index in [0.29, 0.717) is 5.56 Å². The summed E-state index contributed by atoms with van der Waals surface area (Å²) in [5.41, 5.74) is -2.46. The van der Waals surface area contributed by atoms with Gasteiger partial charge in [-0.15, -0.1) is 0 Å². The highest BCUT2D eigenvalue weighted by Crippen LogP contribution is 2.55. The summed E-state index contributed by atoms with van der Waals surface area (Å²) >= 11 is 0. The maximum Gasteiger partial charge on any atom is 0.169 e. The van der Waals surface area contributed by atoms with Gasteiger partial charge in [0.05, 0.1) is 41.9 Å². The molecule has 10 heteroatoms. The molecule has 0 amide bonds. The number of carbonyl (C=O) groups excluding carboxylic acids is 2. The van der Waals surface area contributed by atoms with E-state index in [1.165, 1.54) is 46.3 Å². The molecule has 10 nitrogen and oxygen atoms in total. The molecular weight excluding hydrogens is 544 g/mol. The number of hydrogen-bond acceptors (Lipinski definition) is 10. The molecule has 218 valence electrons. The third-order valence-electron chi connectivity index (χ3n) is 8.31. The molecule has 4 aromatic carbocycles. The van der Waals surface area contributed by atoms with Gasteiger partial charge in [0.15, 0.2) is 11.6 Å². The first-order chi connectivity index (χ1) is 19.7. The summed E-state index contributed by atoms with van der Waals surface area (Å²) in [6, 6.07) is 5.82. The third kappa shape index (κ3) is 3.93. The average molecular weight is 574 g/mol. The lowest BCUT2D eigenvalue weighted by atomic mass is 9.74. The summed E-state index contributed by atoms with van der Waals surface area (Å²) in [5.74, 6) is -3.02. The van der Waals surface area contributed by atoms with Crippen molar-refractivity contribution in [3.63, 3.8) is 0 Å². The average Bonchev–Trinajstić information content (AvgIpc) is 2.86. The number of methoxy groups -OCH3 is 2. The van der Waals surface area contributed by atoms with Crippen molar-refractivity contribution in [1.82, 2.24) is 0 Å². The Kier molecular flexibility index (Phi) is 5.90. The smallest absolute Gasteiger partial charge is 0.169 e. The molecule has 2 aliphatic rings. The van der Waals surface area contributed by atoms with Crippen molar-refractivity contribution in [2.75, 3.05) is 14.2 Å². The molecule has 2 atom stereocenters. The summed E-state index contributed by atoms with van der Waals surface area (Å²) in [7, 11) is 2.71. The van der Waals surface area contributed by atoms with E-state index in [-0.39, 0.29) is 86.5 Å². The summed E-state index contributed by atoms with van der Waals surface area (Å²) < 4.78 is 11.0. The van der Waals surface area contributed by atoms with E-state index >= 15 is 0 Å². The molecule has 0 heterocycles. The van der Waals surface area contributed by atoms with Crippen molar-refractivity contribution < 1.29 is 49.7 Å². The summed E-state index contributed by atoms with van der Waals surface area (Å²) in [4.78, 5) is 26.3. The SMILES string of the molecule is COc1cc(O)c2c(O)c3c(c(-c4c(OC)cc5cc6c(c(O)c5c4[O-])C(=O)C[C@](C)(O)C6)c2c1)C[C@@](C)(O)CC3=O. The van der Waals surface area contributed by atoms with E-state index in [0.717, 1.165) is 0 Å². The number of aromatic hydroxyl groups is 3. The number of ether oxygens (including phenoxy) is 2. The molecular formula is C32H29O10-. The number of carbonyl (C=O) groups is 2. The van der Waals surface area contributed by atoms with E-state index < -0.39 is 45.8 Å². The van der Waals surface area contributed by atoms with Crippen molar-refractivity contribution in [2.45, 2.75) is 50.7 Å². The van der Waals surface area contributed by atoms with Crippen LogP contribution in [-0.4, -0.2) is 62.5 Å². The molecule has 0 saturated carbocycles. The highest BCUT2D eigenvalue weighted by atomic mass is 16.5. The Morgan fingerprint density at radius 1 is 0.738 bits per heavy atom. The molecule has 4 aromatic rings. The molecule has 0 bridgehead atoms. The fraction of sp³-hybridized carbons (Fsp3) is 0.312. The van der Waals surface area contributed by atoms with Crippen LogP contribution in [0.4, 0.5) is 0 Å². The van der Waals surface area contributed by atoms with Crippen LogP contribution in [-0.2, 0) is 12.8 Å². The van der Waals surface area contributed by atoms with E-state index in [1.54, 1.807) is 6.07 Å². The van der Waals surface area contributed by atoms with Crippen LogP contribution in [0.1, 0.15) is 58.5 Å². The summed E-state index contributed by atoms with van der Waals surface area (Å²) in [5, 5.41) is 69.7. The number of hydrogen-bond donors (Lipinski definition) is 5. The molecule has 0 fully saturated rings. The number of phenols is 3. The maximum atomic E-state index is 14.4. The summed E-state index contributed by atoms with van der Waals surface area (Å²) in [6.07, 6.45) is -0.576. The van der Waals surface area contributed by atoms with Gasteiger partial charge >= 0.3 is 0 Å². The molecule has 6 rings (SSSR count). The first-order valence-corrected chi connectivity index (χ1v) is 13.3. The van der Waals surface area contributed by atoms with Crippen LogP contribution in [0, 0.1) is 0 Å². The second-order valence-electron chi connectivity index (χ2n) is 11.8. The highest BCUT2D eigenvalue weighted by Gasteiger charge is 2.40. The number of benzene rings is 4. The normalized spacial score (nSPS) is 21.9. The fourth-order valence-corrected chi connectivity index (χ4v) is 6.66. The molecule has 2 aliphatic carbocycles. The minimum Gasteiger partial charge on any atom is -0.871 e. The lowest BCUT2D eigenvalue weighted by Crippen LogP contribution is -2.36. The number of aliphatic hydroxyl groups is 2. The van der Waals surface area contributed by atoms with Crippen molar-refractivity contribution in [2.24, 2.45) is 0 Å².